The zero-order valence-electron chi connectivity index (χ0n) is 9.76. The summed E-state index contributed by atoms with van der Waals surface area (Å²) in [7, 11) is 1.76. The van der Waals surface area contributed by atoms with Crippen molar-refractivity contribution in [2.24, 2.45) is 0 Å². The Hall–Kier alpha value is -1.20. The topological polar surface area (TPSA) is 37.8 Å². The second kappa shape index (κ2) is 5.20. The van der Waals surface area contributed by atoms with Crippen LogP contribution in [0.5, 0.6) is 0 Å². The lowest BCUT2D eigenvalue weighted by Crippen LogP contribution is -2.01. The van der Waals surface area contributed by atoms with Crippen molar-refractivity contribution in [3.05, 3.63) is 39.2 Å². The monoisotopic (exact) mass is 329 g/mol. The van der Waals surface area contributed by atoms with Crippen molar-refractivity contribution in [2.45, 2.75) is 6.92 Å². The van der Waals surface area contributed by atoms with E-state index in [1.165, 1.54) is 12.1 Å². The van der Waals surface area contributed by atoms with Gasteiger partial charge in [0, 0.05) is 12.6 Å². The van der Waals surface area contributed by atoms with Crippen molar-refractivity contribution in [3.63, 3.8) is 0 Å². The van der Waals surface area contributed by atoms with E-state index in [0.29, 0.717) is 17.2 Å². The van der Waals surface area contributed by atoms with Crippen LogP contribution in [-0.4, -0.2) is 17.0 Å². The highest BCUT2D eigenvalue weighted by Gasteiger charge is 2.11. The van der Waals surface area contributed by atoms with Crippen LogP contribution in [0.4, 0.5) is 10.2 Å². The summed E-state index contributed by atoms with van der Waals surface area (Å²) in [4.78, 5) is 8.63. The average molecular weight is 331 g/mol. The molecule has 0 atom stereocenters. The Balaban J connectivity index is 2.57. The Labute approximate surface area is 118 Å². The molecule has 94 valence electrons. The van der Waals surface area contributed by atoms with Crippen molar-refractivity contribution in [2.75, 3.05) is 12.4 Å². The molecule has 1 N–H and O–H groups in total. The number of nitrogens with zero attached hydrogens (tertiary/aromatic N) is 2. The molecular weight excluding hydrogens is 321 g/mol. The molecule has 0 saturated carbocycles. The van der Waals surface area contributed by atoms with E-state index >= 15 is 0 Å². The summed E-state index contributed by atoms with van der Waals surface area (Å²) in [6.07, 6.45) is 0. The van der Waals surface area contributed by atoms with Crippen molar-refractivity contribution in [1.82, 2.24) is 9.97 Å². The summed E-state index contributed by atoms with van der Waals surface area (Å²) < 4.78 is 14.2. The third-order valence-corrected chi connectivity index (χ3v) is 3.69. The molecule has 18 heavy (non-hydrogen) atoms. The first-order chi connectivity index (χ1) is 8.52. The van der Waals surface area contributed by atoms with Crippen molar-refractivity contribution < 1.29 is 4.39 Å². The van der Waals surface area contributed by atoms with Crippen LogP contribution in [0.25, 0.3) is 11.4 Å². The summed E-state index contributed by atoms with van der Waals surface area (Å²) in [5.41, 5.74) is 1.36. The van der Waals surface area contributed by atoms with Gasteiger partial charge in [-0.05, 0) is 41.1 Å². The van der Waals surface area contributed by atoms with Gasteiger partial charge in [-0.2, -0.15) is 0 Å². The maximum absolute atomic E-state index is 13.4. The minimum atomic E-state index is -0.482. The van der Waals surface area contributed by atoms with E-state index in [-0.39, 0.29) is 5.02 Å². The molecule has 0 aliphatic heterocycles. The van der Waals surface area contributed by atoms with Crippen molar-refractivity contribution >= 4 is 33.3 Å². The Morgan fingerprint density at radius 3 is 2.67 bits per heavy atom. The smallest absolute Gasteiger partial charge is 0.161 e. The summed E-state index contributed by atoms with van der Waals surface area (Å²) in [6, 6.07) is 4.50. The molecule has 0 aliphatic rings. The number of anilines is 1. The van der Waals surface area contributed by atoms with Gasteiger partial charge < -0.3 is 5.32 Å². The van der Waals surface area contributed by atoms with Crippen molar-refractivity contribution in [3.8, 4) is 11.4 Å². The highest BCUT2D eigenvalue weighted by molar-refractivity contribution is 9.10. The first-order valence-electron chi connectivity index (χ1n) is 5.20. The fourth-order valence-electron chi connectivity index (χ4n) is 1.49. The fraction of sp³-hybridized carbons (Fsp3) is 0.167. The molecule has 0 amide bonds. The average Bonchev–Trinajstić information content (AvgIpc) is 2.36. The van der Waals surface area contributed by atoms with Gasteiger partial charge in [-0.3, -0.25) is 0 Å². The Bertz CT molecular complexity index is 604. The molecule has 1 aromatic carbocycles. The normalized spacial score (nSPS) is 10.5. The van der Waals surface area contributed by atoms with E-state index < -0.39 is 5.82 Å². The molecule has 0 saturated heterocycles. The number of hydrogen-bond acceptors (Lipinski definition) is 3. The molecule has 0 unspecified atom stereocenters. The second-order valence-corrected chi connectivity index (χ2v) is 4.87. The number of hydrogen-bond donors (Lipinski definition) is 1. The van der Waals surface area contributed by atoms with Gasteiger partial charge in [0.25, 0.3) is 0 Å². The fourth-order valence-corrected chi connectivity index (χ4v) is 1.98. The Morgan fingerprint density at radius 1 is 1.33 bits per heavy atom. The lowest BCUT2D eigenvalue weighted by atomic mass is 10.2. The lowest BCUT2D eigenvalue weighted by molar-refractivity contribution is 0.628. The van der Waals surface area contributed by atoms with Crippen LogP contribution in [-0.2, 0) is 0 Å². The second-order valence-electron chi connectivity index (χ2n) is 3.67. The largest absolute Gasteiger partial charge is 0.372 e. The van der Waals surface area contributed by atoms with Crippen LogP contribution < -0.4 is 5.32 Å². The molecule has 1 aromatic heterocycles. The first-order valence-corrected chi connectivity index (χ1v) is 6.37. The SMILES string of the molecule is CNc1nc(-c2ccc(Cl)c(F)c2)nc(C)c1Br. The van der Waals surface area contributed by atoms with E-state index in [2.05, 4.69) is 31.2 Å². The van der Waals surface area contributed by atoms with Gasteiger partial charge in [-0.15, -0.1) is 0 Å². The highest BCUT2D eigenvalue weighted by atomic mass is 79.9. The van der Waals surface area contributed by atoms with E-state index in [4.69, 9.17) is 11.6 Å². The van der Waals surface area contributed by atoms with Gasteiger partial charge in [0.1, 0.15) is 11.6 Å². The first kappa shape index (κ1) is 13.2. The predicted octanol–water partition coefficient (Wildman–Crippen LogP) is 4.05. The van der Waals surface area contributed by atoms with Crippen LogP contribution in [0.1, 0.15) is 5.69 Å². The van der Waals surface area contributed by atoms with E-state index in [1.807, 2.05) is 6.92 Å². The maximum atomic E-state index is 13.4. The molecule has 0 bridgehead atoms. The van der Waals surface area contributed by atoms with Crippen LogP contribution in [0, 0.1) is 12.7 Å². The van der Waals surface area contributed by atoms with Gasteiger partial charge in [0.15, 0.2) is 5.82 Å². The molecule has 0 aliphatic carbocycles. The summed E-state index contributed by atoms with van der Waals surface area (Å²) in [6.45, 7) is 1.85. The third kappa shape index (κ3) is 2.47. The van der Waals surface area contributed by atoms with Crippen LogP contribution in [0.15, 0.2) is 22.7 Å². The van der Waals surface area contributed by atoms with Crippen molar-refractivity contribution in [1.29, 1.82) is 0 Å². The van der Waals surface area contributed by atoms with Gasteiger partial charge in [-0.25, -0.2) is 14.4 Å². The molecule has 2 aromatic rings. The predicted molar refractivity (Wildman–Crippen MR) is 74.4 cm³/mol. The number of nitrogens with one attached hydrogen (secondary N) is 1. The molecule has 1 heterocycles. The minimum absolute atomic E-state index is 0.0847. The van der Waals surface area contributed by atoms with E-state index in [0.717, 1.165) is 10.2 Å². The Morgan fingerprint density at radius 2 is 2.06 bits per heavy atom. The summed E-state index contributed by atoms with van der Waals surface area (Å²) in [5, 5.41) is 3.04. The standard InChI is InChI=1S/C12H10BrClFN3/c1-6-10(13)12(16-2)18-11(17-6)7-3-4-8(14)9(15)5-7/h3-5H,1-2H3,(H,16,17,18). The van der Waals surface area contributed by atoms with Crippen LogP contribution in [0.2, 0.25) is 5.02 Å². The van der Waals surface area contributed by atoms with Gasteiger partial charge in [0.2, 0.25) is 0 Å². The third-order valence-electron chi connectivity index (χ3n) is 2.43. The number of benzene rings is 1. The highest BCUT2D eigenvalue weighted by Crippen LogP contribution is 2.27. The number of aromatic nitrogens is 2. The quantitative estimate of drug-likeness (QED) is 0.902. The maximum Gasteiger partial charge on any atom is 0.161 e. The van der Waals surface area contributed by atoms with E-state index in [1.54, 1.807) is 13.1 Å². The Kier molecular flexibility index (Phi) is 3.82. The number of halogens is 3. The summed E-state index contributed by atoms with van der Waals surface area (Å²) in [5.74, 6) is 0.632. The number of aryl methyl sites for hydroxylation is 1. The molecule has 3 nitrogen and oxygen atoms in total. The minimum Gasteiger partial charge on any atom is -0.372 e. The molecule has 0 fully saturated rings. The number of rotatable bonds is 2. The molecule has 0 spiro atoms. The van der Waals surface area contributed by atoms with Crippen LogP contribution >= 0.6 is 27.5 Å². The van der Waals surface area contributed by atoms with Crippen LogP contribution in [0.3, 0.4) is 0 Å². The zero-order chi connectivity index (χ0) is 13.3. The van der Waals surface area contributed by atoms with E-state index in [9.17, 15) is 4.39 Å². The van der Waals surface area contributed by atoms with Gasteiger partial charge in [0.05, 0.1) is 15.2 Å². The molecular formula is C12H10BrClFN3. The van der Waals surface area contributed by atoms with Gasteiger partial charge >= 0.3 is 0 Å². The van der Waals surface area contributed by atoms with Gasteiger partial charge in [-0.1, -0.05) is 11.6 Å². The molecule has 6 heteroatoms. The lowest BCUT2D eigenvalue weighted by Gasteiger charge is -2.08. The molecule has 0 radical (unpaired) electrons. The zero-order valence-corrected chi connectivity index (χ0v) is 12.1. The molecule has 2 rings (SSSR count). The summed E-state index contributed by atoms with van der Waals surface area (Å²) >= 11 is 9.04.